The molecule has 0 unspecified atom stereocenters. The summed E-state index contributed by atoms with van der Waals surface area (Å²) in [5.74, 6) is 4.64. The predicted octanol–water partition coefficient (Wildman–Crippen LogP) is 3.27. The minimum Gasteiger partial charge on any atom is -0.493 e. The van der Waals surface area contributed by atoms with Crippen LogP contribution in [0.3, 0.4) is 0 Å². The van der Waals surface area contributed by atoms with E-state index in [4.69, 9.17) is 28.9 Å². The highest BCUT2D eigenvalue weighted by molar-refractivity contribution is 5.93. The van der Waals surface area contributed by atoms with Crippen LogP contribution in [0.15, 0.2) is 30.3 Å². The smallest absolute Gasteiger partial charge is 0.231 e. The van der Waals surface area contributed by atoms with Gasteiger partial charge in [-0.25, -0.2) is 4.98 Å². The second-order valence-corrected chi connectivity index (χ2v) is 8.97. The fraction of sp³-hybridized carbons (Fsp3) is 0.440. The Balaban J connectivity index is 1.21. The lowest BCUT2D eigenvalue weighted by Gasteiger charge is -2.35. The van der Waals surface area contributed by atoms with E-state index in [1.54, 1.807) is 14.2 Å². The molecule has 6 rings (SSSR count). The molecule has 2 aliphatic heterocycles. The normalized spacial score (nSPS) is 17.8. The van der Waals surface area contributed by atoms with Crippen molar-refractivity contribution in [3.63, 3.8) is 0 Å². The van der Waals surface area contributed by atoms with Gasteiger partial charge in [-0.1, -0.05) is 6.07 Å². The molecule has 1 saturated heterocycles. The van der Waals surface area contributed by atoms with Gasteiger partial charge in [0.25, 0.3) is 0 Å². The molecule has 2 aromatic carbocycles. The van der Waals surface area contributed by atoms with Crippen molar-refractivity contribution in [1.29, 1.82) is 0 Å². The Morgan fingerprint density at radius 3 is 2.47 bits per heavy atom. The first kappa shape index (κ1) is 21.1. The number of piperazine rings is 1. The van der Waals surface area contributed by atoms with Crippen molar-refractivity contribution < 1.29 is 18.9 Å². The van der Waals surface area contributed by atoms with E-state index in [0.29, 0.717) is 24.3 Å². The lowest BCUT2D eigenvalue weighted by Crippen LogP contribution is -2.46. The number of fused-ring (bicyclic) bond motifs is 2. The Labute approximate surface area is 198 Å². The van der Waals surface area contributed by atoms with E-state index in [0.717, 1.165) is 66.9 Å². The Hall–Kier alpha value is -3.46. The van der Waals surface area contributed by atoms with Gasteiger partial charge >= 0.3 is 0 Å². The highest BCUT2D eigenvalue weighted by Crippen LogP contribution is 2.37. The zero-order valence-electron chi connectivity index (χ0n) is 19.5. The van der Waals surface area contributed by atoms with E-state index < -0.39 is 0 Å². The Kier molecular flexibility index (Phi) is 5.41. The first-order valence-corrected chi connectivity index (χ1v) is 11.8. The predicted molar refractivity (Wildman–Crippen MR) is 129 cm³/mol. The molecule has 0 spiro atoms. The minimum absolute atomic E-state index is 0.305. The number of ether oxygens (including phenoxy) is 4. The molecule has 0 atom stereocenters. The van der Waals surface area contributed by atoms with Gasteiger partial charge in [0, 0.05) is 50.2 Å². The fourth-order valence-corrected chi connectivity index (χ4v) is 4.52. The molecule has 3 heterocycles. The molecule has 1 aliphatic carbocycles. The van der Waals surface area contributed by atoms with Crippen LogP contribution in [0.2, 0.25) is 0 Å². The summed E-state index contributed by atoms with van der Waals surface area (Å²) in [6.07, 6.45) is 2.35. The summed E-state index contributed by atoms with van der Waals surface area (Å²) in [7, 11) is 3.30. The zero-order valence-corrected chi connectivity index (χ0v) is 19.5. The van der Waals surface area contributed by atoms with Gasteiger partial charge in [0.15, 0.2) is 23.0 Å². The van der Waals surface area contributed by atoms with Gasteiger partial charge in [-0.2, -0.15) is 4.98 Å². The number of anilines is 2. The molecule has 9 nitrogen and oxygen atoms in total. The molecule has 0 radical (unpaired) electrons. The maximum atomic E-state index is 5.52. The van der Waals surface area contributed by atoms with Crippen molar-refractivity contribution in [3.8, 4) is 23.0 Å². The van der Waals surface area contributed by atoms with Crippen LogP contribution >= 0.6 is 0 Å². The van der Waals surface area contributed by atoms with E-state index in [-0.39, 0.29) is 0 Å². The molecule has 3 aromatic rings. The molecule has 3 aliphatic rings. The molecule has 2 fully saturated rings. The average Bonchev–Trinajstić information content (AvgIpc) is 3.56. The molecule has 9 heteroatoms. The Morgan fingerprint density at radius 1 is 0.941 bits per heavy atom. The molecule has 1 saturated carbocycles. The van der Waals surface area contributed by atoms with Gasteiger partial charge in [-0.05, 0) is 36.6 Å². The number of benzene rings is 2. The van der Waals surface area contributed by atoms with Crippen LogP contribution in [-0.4, -0.2) is 68.1 Å². The van der Waals surface area contributed by atoms with Gasteiger partial charge in [0.2, 0.25) is 12.7 Å². The highest BCUT2D eigenvalue weighted by atomic mass is 16.7. The van der Waals surface area contributed by atoms with E-state index in [9.17, 15) is 0 Å². The van der Waals surface area contributed by atoms with Crippen LogP contribution in [0, 0.1) is 0 Å². The first-order chi connectivity index (χ1) is 16.7. The summed E-state index contributed by atoms with van der Waals surface area (Å²) in [5.41, 5.74) is 2.09. The number of methoxy groups -OCH3 is 2. The van der Waals surface area contributed by atoms with Crippen LogP contribution in [-0.2, 0) is 6.54 Å². The first-order valence-electron chi connectivity index (χ1n) is 11.8. The van der Waals surface area contributed by atoms with Crippen LogP contribution in [0.1, 0.15) is 18.4 Å². The summed E-state index contributed by atoms with van der Waals surface area (Å²) >= 11 is 0. The molecular formula is C25H29N5O4. The number of aromatic nitrogens is 2. The molecule has 0 amide bonds. The summed E-state index contributed by atoms with van der Waals surface area (Å²) < 4.78 is 22.0. The number of nitrogens with zero attached hydrogens (tertiary/aromatic N) is 4. The number of hydrogen-bond acceptors (Lipinski definition) is 9. The number of nitrogens with one attached hydrogen (secondary N) is 1. The van der Waals surface area contributed by atoms with Gasteiger partial charge in [-0.3, -0.25) is 4.90 Å². The van der Waals surface area contributed by atoms with Gasteiger partial charge < -0.3 is 29.2 Å². The van der Waals surface area contributed by atoms with Crippen LogP contribution < -0.4 is 29.2 Å². The van der Waals surface area contributed by atoms with Gasteiger partial charge in [-0.15, -0.1) is 0 Å². The van der Waals surface area contributed by atoms with E-state index in [1.165, 1.54) is 18.4 Å². The topological polar surface area (TPSA) is 81.2 Å². The van der Waals surface area contributed by atoms with Crippen molar-refractivity contribution in [1.82, 2.24) is 14.9 Å². The Bertz CT molecular complexity index is 1210. The van der Waals surface area contributed by atoms with E-state index in [1.807, 2.05) is 18.2 Å². The lowest BCUT2D eigenvalue weighted by atomic mass is 10.1. The maximum absolute atomic E-state index is 5.52. The van der Waals surface area contributed by atoms with Crippen molar-refractivity contribution in [2.75, 3.05) is 57.4 Å². The standard InChI is InChI=1S/C25H29N5O4/c1-31-21-12-18-19(13-22(21)32-2)27-25(28-24(18)26-17-4-5-17)30-9-7-29(8-10-30)14-16-3-6-20-23(11-16)34-15-33-20/h3,6,11-13,17H,4-5,7-10,14-15H2,1-2H3,(H,26,27,28). The molecule has 1 N–H and O–H groups in total. The van der Waals surface area contributed by atoms with Crippen LogP contribution in [0.5, 0.6) is 23.0 Å². The lowest BCUT2D eigenvalue weighted by molar-refractivity contribution is 0.174. The molecular weight excluding hydrogens is 434 g/mol. The summed E-state index contributed by atoms with van der Waals surface area (Å²) in [5, 5.41) is 4.54. The fourth-order valence-electron chi connectivity index (χ4n) is 4.52. The third kappa shape index (κ3) is 4.11. The largest absolute Gasteiger partial charge is 0.493 e. The van der Waals surface area contributed by atoms with Crippen molar-refractivity contribution >= 4 is 22.7 Å². The third-order valence-corrected chi connectivity index (χ3v) is 6.61. The van der Waals surface area contributed by atoms with Gasteiger partial charge in [0.1, 0.15) is 5.82 Å². The van der Waals surface area contributed by atoms with Crippen LogP contribution in [0.25, 0.3) is 10.9 Å². The zero-order chi connectivity index (χ0) is 23.1. The number of rotatable bonds is 7. The second-order valence-electron chi connectivity index (χ2n) is 8.97. The van der Waals surface area contributed by atoms with Crippen molar-refractivity contribution in [2.45, 2.75) is 25.4 Å². The third-order valence-electron chi connectivity index (χ3n) is 6.61. The molecule has 0 bridgehead atoms. The Morgan fingerprint density at radius 2 is 1.71 bits per heavy atom. The average molecular weight is 464 g/mol. The maximum Gasteiger partial charge on any atom is 0.231 e. The molecule has 1 aromatic heterocycles. The van der Waals surface area contributed by atoms with Crippen LogP contribution in [0.4, 0.5) is 11.8 Å². The van der Waals surface area contributed by atoms with Crippen molar-refractivity contribution in [2.24, 2.45) is 0 Å². The molecule has 178 valence electrons. The summed E-state index contributed by atoms with van der Waals surface area (Å²) in [6, 6.07) is 10.6. The minimum atomic E-state index is 0.305. The van der Waals surface area contributed by atoms with Crippen molar-refractivity contribution in [3.05, 3.63) is 35.9 Å². The summed E-state index contributed by atoms with van der Waals surface area (Å²) in [4.78, 5) is 14.6. The second kappa shape index (κ2) is 8.72. The summed E-state index contributed by atoms with van der Waals surface area (Å²) in [6.45, 7) is 4.80. The molecule has 34 heavy (non-hydrogen) atoms. The monoisotopic (exact) mass is 463 g/mol. The van der Waals surface area contributed by atoms with Gasteiger partial charge in [0.05, 0.1) is 19.7 Å². The number of hydrogen-bond donors (Lipinski definition) is 1. The SMILES string of the molecule is COc1cc2nc(N3CCN(Cc4ccc5c(c4)OCO5)CC3)nc(NC3CC3)c2cc1OC. The quantitative estimate of drug-likeness (QED) is 0.568. The van der Waals surface area contributed by atoms with E-state index >= 15 is 0 Å². The van der Waals surface area contributed by atoms with E-state index in [2.05, 4.69) is 27.2 Å². The highest BCUT2D eigenvalue weighted by Gasteiger charge is 2.26.